The van der Waals surface area contributed by atoms with Gasteiger partial charge in [0.05, 0.1) is 5.56 Å². The summed E-state index contributed by atoms with van der Waals surface area (Å²) in [7, 11) is 0. The summed E-state index contributed by atoms with van der Waals surface area (Å²) < 4.78 is 74.7. The molecule has 0 heterocycles. The number of halogens is 5. The third-order valence-electron chi connectivity index (χ3n) is 8.05. The van der Waals surface area contributed by atoms with Gasteiger partial charge >= 0.3 is 12.5 Å². The molecule has 0 atom stereocenters. The van der Waals surface area contributed by atoms with Crippen LogP contribution in [0.1, 0.15) is 88.2 Å². The van der Waals surface area contributed by atoms with Crippen LogP contribution < -0.4 is 9.47 Å². The van der Waals surface area contributed by atoms with Gasteiger partial charge in [0.1, 0.15) is 11.5 Å². The van der Waals surface area contributed by atoms with Crippen LogP contribution in [0.25, 0.3) is 0 Å². The Bertz CT molecular complexity index is 939. The molecule has 0 unspecified atom stereocenters. The van der Waals surface area contributed by atoms with Gasteiger partial charge < -0.3 is 9.47 Å². The Morgan fingerprint density at radius 2 is 1.17 bits per heavy atom. The molecule has 2 aromatic rings. The Balaban J connectivity index is 1.29. The van der Waals surface area contributed by atoms with Crippen LogP contribution in [-0.4, -0.2) is 6.36 Å². The lowest BCUT2D eigenvalue weighted by molar-refractivity contribution is -0.274. The summed E-state index contributed by atoms with van der Waals surface area (Å²) in [5.41, 5.74) is 0.785. The van der Waals surface area contributed by atoms with E-state index in [1.807, 2.05) is 0 Å². The topological polar surface area (TPSA) is 18.5 Å². The molecule has 2 fully saturated rings. The van der Waals surface area contributed by atoms with Gasteiger partial charge in [0.25, 0.3) is 0 Å². The van der Waals surface area contributed by atoms with Crippen LogP contribution in [0.15, 0.2) is 48.5 Å². The third-order valence-corrected chi connectivity index (χ3v) is 8.05. The van der Waals surface area contributed by atoms with Crippen molar-refractivity contribution in [1.29, 1.82) is 0 Å². The molecule has 0 amide bonds. The van der Waals surface area contributed by atoms with Crippen LogP contribution in [0.2, 0.25) is 0 Å². The van der Waals surface area contributed by atoms with Gasteiger partial charge in [-0.2, -0.15) is 8.78 Å². The predicted molar refractivity (Wildman–Crippen MR) is 129 cm³/mol. The third kappa shape index (κ3) is 7.13. The zero-order valence-corrected chi connectivity index (χ0v) is 20.7. The molecule has 4 rings (SSSR count). The fraction of sp³-hybridized carbons (Fsp3) is 0.586. The zero-order chi connectivity index (χ0) is 25.8. The minimum Gasteiger partial charge on any atom is -0.429 e. The lowest BCUT2D eigenvalue weighted by Crippen LogP contribution is -2.25. The molecular weight excluding hydrogens is 475 g/mol. The molecular formula is C29H35F5O2. The van der Waals surface area contributed by atoms with E-state index >= 15 is 0 Å². The number of rotatable bonds is 8. The van der Waals surface area contributed by atoms with Gasteiger partial charge in [-0.3, -0.25) is 0 Å². The van der Waals surface area contributed by atoms with Crippen molar-refractivity contribution in [3.63, 3.8) is 0 Å². The molecule has 7 heteroatoms. The SMILES string of the molecule is CCC[C@H]1CC[C@H](C2CCC(c3ccc(C(F)(F)Oc4ccc(OC(F)(F)F)cc4)cc3)CC2)CC1. The normalized spacial score (nSPS) is 25.4. The van der Waals surface area contributed by atoms with Crippen molar-refractivity contribution in [2.75, 3.05) is 0 Å². The first-order valence-electron chi connectivity index (χ1n) is 13.2. The molecule has 198 valence electrons. The van der Waals surface area contributed by atoms with E-state index in [2.05, 4.69) is 11.7 Å². The maximum Gasteiger partial charge on any atom is 0.573 e. The van der Waals surface area contributed by atoms with Gasteiger partial charge in [-0.05, 0) is 104 Å². The van der Waals surface area contributed by atoms with Crippen LogP contribution in [-0.2, 0) is 6.11 Å². The van der Waals surface area contributed by atoms with Gasteiger partial charge in [-0.15, -0.1) is 13.2 Å². The first-order valence-corrected chi connectivity index (χ1v) is 13.2. The van der Waals surface area contributed by atoms with E-state index in [-0.39, 0.29) is 11.3 Å². The lowest BCUT2D eigenvalue weighted by Gasteiger charge is -2.38. The van der Waals surface area contributed by atoms with Crippen LogP contribution in [0.4, 0.5) is 22.0 Å². The fourth-order valence-corrected chi connectivity index (χ4v) is 6.15. The monoisotopic (exact) mass is 510 g/mol. The zero-order valence-electron chi connectivity index (χ0n) is 20.7. The summed E-state index contributed by atoms with van der Waals surface area (Å²) in [5.74, 6) is 2.22. The highest BCUT2D eigenvalue weighted by Gasteiger charge is 2.36. The van der Waals surface area contributed by atoms with Crippen LogP contribution in [0.5, 0.6) is 11.5 Å². The molecule has 0 bridgehead atoms. The minimum absolute atomic E-state index is 0.249. The molecule has 2 nitrogen and oxygen atoms in total. The van der Waals surface area contributed by atoms with Crippen molar-refractivity contribution >= 4 is 0 Å². The van der Waals surface area contributed by atoms with Crippen LogP contribution in [0.3, 0.4) is 0 Å². The molecule has 2 aliphatic carbocycles. The Morgan fingerprint density at radius 3 is 1.67 bits per heavy atom. The van der Waals surface area contributed by atoms with Crippen molar-refractivity contribution in [3.8, 4) is 11.5 Å². The minimum atomic E-state index is -4.85. The Morgan fingerprint density at radius 1 is 0.667 bits per heavy atom. The predicted octanol–water partition coefficient (Wildman–Crippen LogP) is 9.59. The second-order valence-electron chi connectivity index (χ2n) is 10.4. The number of ether oxygens (including phenoxy) is 2. The molecule has 2 aromatic carbocycles. The summed E-state index contributed by atoms with van der Waals surface area (Å²) in [6, 6.07) is 10.2. The highest BCUT2D eigenvalue weighted by Crippen LogP contribution is 2.45. The molecule has 2 saturated carbocycles. The quantitative estimate of drug-likeness (QED) is 0.329. The average Bonchev–Trinajstić information content (AvgIpc) is 2.85. The molecule has 0 aliphatic heterocycles. The number of hydrogen-bond donors (Lipinski definition) is 0. The maximum atomic E-state index is 14.7. The van der Waals surface area contributed by atoms with E-state index in [9.17, 15) is 22.0 Å². The fourth-order valence-electron chi connectivity index (χ4n) is 6.15. The summed E-state index contributed by atoms with van der Waals surface area (Å²) in [6.45, 7) is 2.27. The van der Waals surface area contributed by atoms with E-state index in [1.54, 1.807) is 12.1 Å². The summed E-state index contributed by atoms with van der Waals surface area (Å²) in [4.78, 5) is 0. The van der Waals surface area contributed by atoms with Gasteiger partial charge in [-0.25, -0.2) is 0 Å². The second-order valence-corrected chi connectivity index (χ2v) is 10.4. The van der Waals surface area contributed by atoms with Gasteiger partial charge in [0.15, 0.2) is 0 Å². The number of benzene rings is 2. The highest BCUT2D eigenvalue weighted by atomic mass is 19.4. The van der Waals surface area contributed by atoms with Crippen molar-refractivity contribution in [3.05, 3.63) is 59.7 Å². The lowest BCUT2D eigenvalue weighted by atomic mass is 9.68. The van der Waals surface area contributed by atoms with Crippen LogP contribution >= 0.6 is 0 Å². The molecule has 36 heavy (non-hydrogen) atoms. The smallest absolute Gasteiger partial charge is 0.429 e. The maximum absolute atomic E-state index is 14.7. The van der Waals surface area contributed by atoms with Crippen molar-refractivity contribution in [2.45, 2.75) is 89.5 Å². The largest absolute Gasteiger partial charge is 0.573 e. The number of alkyl halides is 5. The van der Waals surface area contributed by atoms with E-state index in [1.165, 1.54) is 63.5 Å². The molecule has 0 saturated heterocycles. The van der Waals surface area contributed by atoms with E-state index in [0.717, 1.165) is 60.4 Å². The van der Waals surface area contributed by atoms with E-state index in [4.69, 9.17) is 4.74 Å². The highest BCUT2D eigenvalue weighted by molar-refractivity contribution is 5.33. The van der Waals surface area contributed by atoms with Crippen LogP contribution in [0, 0.1) is 17.8 Å². The van der Waals surface area contributed by atoms with E-state index in [0.29, 0.717) is 5.92 Å². The Hall–Kier alpha value is -2.31. The van der Waals surface area contributed by atoms with Gasteiger partial charge in [-0.1, -0.05) is 44.7 Å². The van der Waals surface area contributed by atoms with E-state index < -0.39 is 18.2 Å². The standard InChI is InChI=1S/C29H35F5O2/c1-2-3-20-4-6-21(7-5-20)22-8-10-23(11-9-22)24-12-14-25(15-13-24)28(30,31)35-26-16-18-27(19-17-26)36-29(32,33)34/h12-23H,2-11H2,1H3/t20-,21-,22?,23?. The molecule has 0 radical (unpaired) electrons. The van der Waals surface area contributed by atoms with Crippen molar-refractivity contribution in [2.24, 2.45) is 17.8 Å². The summed E-state index contributed by atoms with van der Waals surface area (Å²) in [5, 5.41) is 0. The Labute approximate surface area is 210 Å². The van der Waals surface area contributed by atoms with Gasteiger partial charge in [0.2, 0.25) is 0 Å². The molecule has 0 aromatic heterocycles. The molecule has 0 N–H and O–H groups in total. The molecule has 0 spiro atoms. The average molecular weight is 511 g/mol. The first kappa shape index (κ1) is 26.7. The Kier molecular flexibility index (Phi) is 8.46. The molecule has 2 aliphatic rings. The van der Waals surface area contributed by atoms with Crippen molar-refractivity contribution < 1.29 is 31.4 Å². The summed E-state index contributed by atoms with van der Waals surface area (Å²) >= 11 is 0. The summed E-state index contributed by atoms with van der Waals surface area (Å²) in [6.07, 6.45) is 4.28. The first-order chi connectivity index (χ1) is 17.1. The number of hydrogen-bond acceptors (Lipinski definition) is 2. The van der Waals surface area contributed by atoms with Gasteiger partial charge in [0, 0.05) is 0 Å². The van der Waals surface area contributed by atoms with Crippen molar-refractivity contribution in [1.82, 2.24) is 0 Å². The second kappa shape index (κ2) is 11.4.